The third-order valence-electron chi connectivity index (χ3n) is 5.91. The molecule has 2 aromatic rings. The van der Waals surface area contributed by atoms with Crippen LogP contribution in [0.2, 0.25) is 0 Å². The van der Waals surface area contributed by atoms with E-state index in [1.54, 1.807) is 18.2 Å². The Bertz CT molecular complexity index is 1090. The van der Waals surface area contributed by atoms with Crippen LogP contribution in [0.3, 0.4) is 0 Å². The second-order valence-corrected chi connectivity index (χ2v) is 7.66. The Morgan fingerprint density at radius 1 is 1.33 bits per heavy atom. The molecule has 9 nitrogen and oxygen atoms in total. The molecule has 1 amide bonds. The van der Waals surface area contributed by atoms with Gasteiger partial charge in [-0.05, 0) is 32.3 Å². The molecule has 30 heavy (non-hydrogen) atoms. The third-order valence-corrected chi connectivity index (χ3v) is 5.91. The number of hydrogen-bond acceptors (Lipinski definition) is 7. The SMILES string of the molecule is COc1cccc(C2c3c(nc(N4CCCCC4C)[nH]c3=O)NC(=O)C2C#N)c1O. The Morgan fingerprint density at radius 2 is 2.13 bits per heavy atom. The van der Waals surface area contributed by atoms with Crippen molar-refractivity contribution in [3.05, 3.63) is 39.7 Å². The highest BCUT2D eigenvalue weighted by molar-refractivity contribution is 5.98. The minimum Gasteiger partial charge on any atom is -0.504 e. The number of benzene rings is 1. The molecule has 3 heterocycles. The predicted molar refractivity (Wildman–Crippen MR) is 110 cm³/mol. The lowest BCUT2D eigenvalue weighted by Gasteiger charge is -2.35. The summed E-state index contributed by atoms with van der Waals surface area (Å²) < 4.78 is 5.16. The number of aromatic hydroxyl groups is 1. The van der Waals surface area contributed by atoms with Crippen LogP contribution < -0.4 is 20.5 Å². The highest BCUT2D eigenvalue weighted by Crippen LogP contribution is 2.44. The molecule has 3 atom stereocenters. The topological polar surface area (TPSA) is 131 Å². The summed E-state index contributed by atoms with van der Waals surface area (Å²) in [5.74, 6) is -2.23. The van der Waals surface area contributed by atoms with Crippen LogP contribution in [0.25, 0.3) is 0 Å². The lowest BCUT2D eigenvalue weighted by Crippen LogP contribution is -2.42. The maximum absolute atomic E-state index is 13.2. The lowest BCUT2D eigenvalue weighted by molar-refractivity contribution is -0.119. The zero-order valence-corrected chi connectivity index (χ0v) is 16.8. The molecule has 1 aromatic heterocycles. The van der Waals surface area contributed by atoms with E-state index in [9.17, 15) is 20.0 Å². The van der Waals surface area contributed by atoms with Gasteiger partial charge in [0.25, 0.3) is 5.56 Å². The van der Waals surface area contributed by atoms with Gasteiger partial charge >= 0.3 is 0 Å². The van der Waals surface area contributed by atoms with Gasteiger partial charge in [0.1, 0.15) is 11.7 Å². The van der Waals surface area contributed by atoms with Gasteiger partial charge in [0.05, 0.1) is 18.7 Å². The second kappa shape index (κ2) is 7.71. The number of methoxy groups -OCH3 is 1. The number of aromatic nitrogens is 2. The number of ether oxygens (including phenoxy) is 1. The average Bonchev–Trinajstić information content (AvgIpc) is 2.73. The molecule has 3 unspecified atom stereocenters. The summed E-state index contributed by atoms with van der Waals surface area (Å²) in [6.07, 6.45) is 3.10. The fourth-order valence-electron chi connectivity index (χ4n) is 4.34. The van der Waals surface area contributed by atoms with Gasteiger partial charge < -0.3 is 20.1 Å². The van der Waals surface area contributed by atoms with Crippen molar-refractivity contribution in [3.8, 4) is 17.6 Å². The number of fused-ring (bicyclic) bond motifs is 1. The summed E-state index contributed by atoms with van der Waals surface area (Å²) >= 11 is 0. The standard InChI is InChI=1S/C21H23N5O4/c1-11-6-3-4-9-26(11)21-24-18-16(20(29)25-21)15(13(10-22)19(28)23-18)12-7-5-8-14(30-2)17(12)27/h5,7-8,11,13,15,27H,3-4,6,9H2,1-2H3,(H2,23,24,25,28,29). The van der Waals surface area contributed by atoms with E-state index < -0.39 is 23.3 Å². The molecule has 0 spiro atoms. The number of amides is 1. The first-order valence-electron chi connectivity index (χ1n) is 9.93. The molecule has 1 fully saturated rings. The van der Waals surface area contributed by atoms with Crippen LogP contribution in [0, 0.1) is 17.2 Å². The van der Waals surface area contributed by atoms with Crippen LogP contribution in [0.1, 0.15) is 43.2 Å². The number of rotatable bonds is 3. The minimum atomic E-state index is -1.20. The largest absolute Gasteiger partial charge is 0.504 e. The van der Waals surface area contributed by atoms with Gasteiger partial charge in [-0.3, -0.25) is 14.6 Å². The first-order valence-corrected chi connectivity index (χ1v) is 9.93. The Hall–Kier alpha value is -3.54. The molecule has 3 N–H and O–H groups in total. The number of hydrogen-bond donors (Lipinski definition) is 3. The van der Waals surface area contributed by atoms with Crippen LogP contribution in [-0.2, 0) is 4.79 Å². The normalized spacial score (nSPS) is 23.3. The number of phenolic OH excluding ortho intramolecular Hbond substituents is 1. The van der Waals surface area contributed by atoms with Gasteiger partial charge in [-0.2, -0.15) is 10.2 Å². The van der Waals surface area contributed by atoms with Gasteiger partial charge in [-0.15, -0.1) is 0 Å². The summed E-state index contributed by atoms with van der Waals surface area (Å²) in [5, 5.41) is 22.9. The van der Waals surface area contributed by atoms with Crippen molar-refractivity contribution in [2.24, 2.45) is 5.92 Å². The molecule has 0 radical (unpaired) electrons. The highest BCUT2D eigenvalue weighted by atomic mass is 16.5. The van der Waals surface area contributed by atoms with E-state index in [-0.39, 0.29) is 34.5 Å². The molecule has 9 heteroatoms. The molecular weight excluding hydrogens is 386 g/mol. The summed E-state index contributed by atoms with van der Waals surface area (Å²) in [7, 11) is 1.41. The van der Waals surface area contributed by atoms with Crippen molar-refractivity contribution in [2.45, 2.75) is 38.1 Å². The number of piperidine rings is 1. The molecule has 1 aromatic carbocycles. The van der Waals surface area contributed by atoms with Crippen LogP contribution in [0.15, 0.2) is 23.0 Å². The van der Waals surface area contributed by atoms with Crippen molar-refractivity contribution in [3.63, 3.8) is 0 Å². The number of nitriles is 1. The van der Waals surface area contributed by atoms with Crippen molar-refractivity contribution in [2.75, 3.05) is 23.9 Å². The first-order chi connectivity index (χ1) is 14.5. The first kappa shape index (κ1) is 19.8. The van der Waals surface area contributed by atoms with E-state index in [1.165, 1.54) is 7.11 Å². The average molecular weight is 409 g/mol. The molecular formula is C21H23N5O4. The quantitative estimate of drug-likeness (QED) is 0.707. The predicted octanol–water partition coefficient (Wildman–Crippen LogP) is 2.09. The van der Waals surface area contributed by atoms with E-state index in [0.717, 1.165) is 25.8 Å². The van der Waals surface area contributed by atoms with Gasteiger partial charge in [0.15, 0.2) is 11.5 Å². The highest BCUT2D eigenvalue weighted by Gasteiger charge is 2.42. The lowest BCUT2D eigenvalue weighted by atomic mass is 9.78. The van der Waals surface area contributed by atoms with Gasteiger partial charge in [-0.1, -0.05) is 12.1 Å². The van der Waals surface area contributed by atoms with E-state index in [1.807, 2.05) is 11.0 Å². The van der Waals surface area contributed by atoms with E-state index in [4.69, 9.17) is 4.74 Å². The van der Waals surface area contributed by atoms with Crippen LogP contribution >= 0.6 is 0 Å². The fourth-order valence-corrected chi connectivity index (χ4v) is 4.34. The van der Waals surface area contributed by atoms with E-state index in [0.29, 0.717) is 5.95 Å². The molecule has 0 bridgehead atoms. The molecule has 1 saturated heterocycles. The van der Waals surface area contributed by atoms with Crippen molar-refractivity contribution in [1.82, 2.24) is 9.97 Å². The Kier molecular flexibility index (Phi) is 5.08. The summed E-state index contributed by atoms with van der Waals surface area (Å²) in [6, 6.07) is 6.96. The number of carbonyl (C=O) groups is 1. The Morgan fingerprint density at radius 3 is 2.83 bits per heavy atom. The van der Waals surface area contributed by atoms with Crippen LogP contribution in [0.4, 0.5) is 11.8 Å². The van der Waals surface area contributed by atoms with Gasteiger partial charge in [0.2, 0.25) is 11.9 Å². The molecule has 0 saturated carbocycles. The Balaban J connectivity index is 1.88. The number of nitrogens with zero attached hydrogens (tertiary/aromatic N) is 3. The molecule has 4 rings (SSSR count). The zero-order valence-electron chi connectivity index (χ0n) is 16.8. The molecule has 2 aliphatic rings. The van der Waals surface area contributed by atoms with Crippen LogP contribution in [-0.4, -0.2) is 40.7 Å². The monoisotopic (exact) mass is 409 g/mol. The zero-order chi connectivity index (χ0) is 21.4. The number of aromatic amines is 1. The maximum Gasteiger partial charge on any atom is 0.258 e. The summed E-state index contributed by atoms with van der Waals surface area (Å²) in [4.78, 5) is 35.2. The Labute approximate surface area is 173 Å². The second-order valence-electron chi connectivity index (χ2n) is 7.66. The number of H-pyrrole nitrogens is 1. The van der Waals surface area contributed by atoms with Crippen molar-refractivity contribution >= 4 is 17.7 Å². The van der Waals surface area contributed by atoms with E-state index in [2.05, 4.69) is 22.2 Å². The van der Waals surface area contributed by atoms with E-state index >= 15 is 0 Å². The summed E-state index contributed by atoms with van der Waals surface area (Å²) in [5.41, 5.74) is -0.0262. The molecule has 2 aliphatic heterocycles. The smallest absolute Gasteiger partial charge is 0.258 e. The molecule has 0 aliphatic carbocycles. The van der Waals surface area contributed by atoms with Gasteiger partial charge in [-0.25, -0.2) is 0 Å². The number of phenols is 1. The minimum absolute atomic E-state index is 0.121. The number of nitrogens with one attached hydrogen (secondary N) is 2. The van der Waals surface area contributed by atoms with Crippen molar-refractivity contribution in [1.29, 1.82) is 5.26 Å². The summed E-state index contributed by atoms with van der Waals surface area (Å²) in [6.45, 7) is 2.83. The van der Waals surface area contributed by atoms with Gasteiger partial charge in [0, 0.05) is 24.1 Å². The number of carbonyl (C=O) groups excluding carboxylic acids is 1. The number of para-hydroxylation sites is 1. The maximum atomic E-state index is 13.2. The fraction of sp³-hybridized carbons (Fsp3) is 0.429. The van der Waals surface area contributed by atoms with Crippen LogP contribution in [0.5, 0.6) is 11.5 Å². The van der Waals surface area contributed by atoms with Crippen molar-refractivity contribution < 1.29 is 14.6 Å². The third kappa shape index (κ3) is 3.14. The molecule has 156 valence electrons. The number of anilines is 2.